The van der Waals surface area contributed by atoms with Gasteiger partial charge in [0.2, 0.25) is 5.88 Å². The number of hydrogen-bond donors (Lipinski definition) is 0. The number of oxazole rings is 1. The van der Waals surface area contributed by atoms with Gasteiger partial charge in [-0.3, -0.25) is 9.88 Å². The van der Waals surface area contributed by atoms with Crippen LogP contribution in [0.25, 0.3) is 0 Å². The van der Waals surface area contributed by atoms with Crippen molar-refractivity contribution in [1.29, 1.82) is 0 Å². The first-order chi connectivity index (χ1) is 10.6. The lowest BCUT2D eigenvalue weighted by Gasteiger charge is -2.31. The van der Waals surface area contributed by atoms with Crippen LogP contribution >= 0.6 is 0 Å². The van der Waals surface area contributed by atoms with Crippen LogP contribution < -0.4 is 4.74 Å². The summed E-state index contributed by atoms with van der Waals surface area (Å²) in [6.07, 6.45) is 5.71. The molecule has 6 nitrogen and oxygen atoms in total. The largest absolute Gasteiger partial charge is 0.473 e. The summed E-state index contributed by atoms with van der Waals surface area (Å²) in [5.41, 5.74) is 2.74. The van der Waals surface area contributed by atoms with Crippen LogP contribution in [0.4, 0.5) is 0 Å². The molecule has 1 saturated heterocycles. The Morgan fingerprint density at radius 2 is 2.00 bits per heavy atom. The van der Waals surface area contributed by atoms with Gasteiger partial charge in [0.05, 0.1) is 17.1 Å². The maximum atomic E-state index is 6.04. The Morgan fingerprint density at radius 1 is 1.23 bits per heavy atom. The molecule has 1 fully saturated rings. The molecule has 3 heterocycles. The normalized spacial score (nSPS) is 16.9. The minimum Gasteiger partial charge on any atom is -0.473 e. The van der Waals surface area contributed by atoms with Crippen LogP contribution in [0.2, 0.25) is 0 Å². The lowest BCUT2D eigenvalue weighted by atomic mass is 10.1. The highest BCUT2D eigenvalue weighted by Gasteiger charge is 2.22. The molecule has 0 amide bonds. The molecule has 1 aliphatic heterocycles. The highest BCUT2D eigenvalue weighted by molar-refractivity contribution is 5.18. The molecule has 2 aromatic rings. The lowest BCUT2D eigenvalue weighted by Crippen LogP contribution is -2.38. The highest BCUT2D eigenvalue weighted by atomic mass is 16.5. The van der Waals surface area contributed by atoms with Crippen LogP contribution in [-0.4, -0.2) is 39.0 Å². The van der Waals surface area contributed by atoms with E-state index in [0.29, 0.717) is 5.88 Å². The number of aryl methyl sites for hydroxylation is 3. The van der Waals surface area contributed by atoms with Crippen molar-refractivity contribution in [3.05, 3.63) is 35.4 Å². The molecule has 118 valence electrons. The van der Waals surface area contributed by atoms with Crippen molar-refractivity contribution in [2.45, 2.75) is 46.3 Å². The number of rotatable bonds is 4. The third-order valence-electron chi connectivity index (χ3n) is 3.90. The molecule has 0 radical (unpaired) electrons. The summed E-state index contributed by atoms with van der Waals surface area (Å²) >= 11 is 0. The molecule has 0 atom stereocenters. The van der Waals surface area contributed by atoms with Gasteiger partial charge in [0, 0.05) is 32.8 Å². The molecule has 0 aromatic carbocycles. The van der Waals surface area contributed by atoms with Gasteiger partial charge in [-0.1, -0.05) is 0 Å². The molecule has 3 rings (SSSR count). The fraction of sp³-hybridized carbons (Fsp3) is 0.562. The van der Waals surface area contributed by atoms with E-state index >= 15 is 0 Å². The number of piperidine rings is 1. The summed E-state index contributed by atoms with van der Waals surface area (Å²) in [5.74, 6) is 1.40. The van der Waals surface area contributed by atoms with Crippen molar-refractivity contribution in [3.63, 3.8) is 0 Å². The zero-order valence-electron chi connectivity index (χ0n) is 13.4. The molecule has 6 heteroatoms. The van der Waals surface area contributed by atoms with Gasteiger partial charge in [0.1, 0.15) is 12.4 Å². The summed E-state index contributed by atoms with van der Waals surface area (Å²) in [5, 5.41) is 0. The van der Waals surface area contributed by atoms with E-state index in [0.717, 1.165) is 55.4 Å². The predicted molar refractivity (Wildman–Crippen MR) is 81.7 cm³/mol. The van der Waals surface area contributed by atoms with Gasteiger partial charge in [0.15, 0.2) is 5.89 Å². The van der Waals surface area contributed by atoms with Crippen LogP contribution in [0.1, 0.15) is 35.8 Å². The molecular formula is C16H22N4O2. The summed E-state index contributed by atoms with van der Waals surface area (Å²) in [4.78, 5) is 15.5. The SMILES string of the molecule is Cc1cnc(C)c(OC2CCN(Cc3coc(C)n3)CC2)n1. The van der Waals surface area contributed by atoms with Crippen LogP contribution in [-0.2, 0) is 6.54 Å². The average Bonchev–Trinajstić information content (AvgIpc) is 2.90. The minimum atomic E-state index is 0.213. The molecule has 0 aliphatic carbocycles. The number of ether oxygens (including phenoxy) is 1. The Hall–Kier alpha value is -1.95. The lowest BCUT2D eigenvalue weighted by molar-refractivity contribution is 0.0914. The summed E-state index contributed by atoms with van der Waals surface area (Å²) in [6.45, 7) is 8.57. The summed E-state index contributed by atoms with van der Waals surface area (Å²) in [7, 11) is 0. The van der Waals surface area contributed by atoms with Crippen LogP contribution in [0.5, 0.6) is 5.88 Å². The molecule has 0 unspecified atom stereocenters. The molecule has 0 saturated carbocycles. The first-order valence-corrected chi connectivity index (χ1v) is 7.70. The van der Waals surface area contributed by atoms with Crippen molar-refractivity contribution in [2.75, 3.05) is 13.1 Å². The third-order valence-corrected chi connectivity index (χ3v) is 3.90. The molecule has 1 aliphatic rings. The quantitative estimate of drug-likeness (QED) is 0.864. The Bertz CT molecular complexity index is 633. The second kappa shape index (κ2) is 6.44. The van der Waals surface area contributed by atoms with E-state index in [1.165, 1.54) is 0 Å². The van der Waals surface area contributed by atoms with E-state index in [4.69, 9.17) is 9.15 Å². The van der Waals surface area contributed by atoms with Gasteiger partial charge in [-0.2, -0.15) is 0 Å². The minimum absolute atomic E-state index is 0.213. The second-order valence-electron chi connectivity index (χ2n) is 5.85. The van der Waals surface area contributed by atoms with E-state index in [-0.39, 0.29) is 6.10 Å². The Morgan fingerprint density at radius 3 is 2.68 bits per heavy atom. The molecule has 0 N–H and O–H groups in total. The van der Waals surface area contributed by atoms with E-state index in [2.05, 4.69) is 19.9 Å². The van der Waals surface area contributed by atoms with Crippen molar-refractivity contribution >= 4 is 0 Å². The van der Waals surface area contributed by atoms with Gasteiger partial charge in [-0.05, 0) is 26.7 Å². The van der Waals surface area contributed by atoms with Gasteiger partial charge >= 0.3 is 0 Å². The van der Waals surface area contributed by atoms with Crippen molar-refractivity contribution in [2.24, 2.45) is 0 Å². The Balaban J connectivity index is 1.52. The summed E-state index contributed by atoms with van der Waals surface area (Å²) < 4.78 is 11.3. The van der Waals surface area contributed by atoms with Gasteiger partial charge < -0.3 is 9.15 Å². The zero-order chi connectivity index (χ0) is 15.5. The fourth-order valence-electron chi connectivity index (χ4n) is 2.68. The maximum absolute atomic E-state index is 6.04. The van der Waals surface area contributed by atoms with Crippen LogP contribution in [0, 0.1) is 20.8 Å². The maximum Gasteiger partial charge on any atom is 0.235 e. The van der Waals surface area contributed by atoms with Crippen molar-refractivity contribution < 1.29 is 9.15 Å². The molecule has 0 spiro atoms. The van der Waals surface area contributed by atoms with Gasteiger partial charge in [0.25, 0.3) is 0 Å². The highest BCUT2D eigenvalue weighted by Crippen LogP contribution is 2.20. The topological polar surface area (TPSA) is 64.3 Å². The molecular weight excluding hydrogens is 280 g/mol. The van der Waals surface area contributed by atoms with E-state index in [9.17, 15) is 0 Å². The molecule has 0 bridgehead atoms. The smallest absolute Gasteiger partial charge is 0.235 e. The average molecular weight is 302 g/mol. The Kier molecular flexibility index (Phi) is 4.38. The van der Waals surface area contributed by atoms with Crippen molar-refractivity contribution in [1.82, 2.24) is 19.9 Å². The molecule has 2 aromatic heterocycles. The number of likely N-dealkylation sites (tertiary alicyclic amines) is 1. The monoisotopic (exact) mass is 302 g/mol. The summed E-state index contributed by atoms with van der Waals surface area (Å²) in [6, 6.07) is 0. The number of hydrogen-bond acceptors (Lipinski definition) is 6. The van der Waals surface area contributed by atoms with Crippen LogP contribution in [0.15, 0.2) is 16.9 Å². The van der Waals surface area contributed by atoms with Crippen molar-refractivity contribution in [3.8, 4) is 5.88 Å². The number of aromatic nitrogens is 3. The first kappa shape index (κ1) is 15.0. The standard InChI is InChI=1S/C16H22N4O2/c1-11-8-17-12(2)16(18-11)22-15-4-6-20(7-5-15)9-14-10-21-13(3)19-14/h8,10,15H,4-7,9H2,1-3H3. The second-order valence-corrected chi connectivity index (χ2v) is 5.85. The first-order valence-electron chi connectivity index (χ1n) is 7.70. The van der Waals surface area contributed by atoms with E-state index in [1.807, 2.05) is 20.8 Å². The zero-order valence-corrected chi connectivity index (χ0v) is 13.4. The van der Waals surface area contributed by atoms with Crippen LogP contribution in [0.3, 0.4) is 0 Å². The molecule has 22 heavy (non-hydrogen) atoms. The Labute approximate surface area is 130 Å². The van der Waals surface area contributed by atoms with E-state index < -0.39 is 0 Å². The third kappa shape index (κ3) is 3.62. The predicted octanol–water partition coefficient (Wildman–Crippen LogP) is 2.43. The fourth-order valence-corrected chi connectivity index (χ4v) is 2.68. The number of nitrogens with zero attached hydrogens (tertiary/aromatic N) is 4. The van der Waals surface area contributed by atoms with Gasteiger partial charge in [-0.25, -0.2) is 9.97 Å². The van der Waals surface area contributed by atoms with E-state index in [1.54, 1.807) is 12.5 Å². The van der Waals surface area contributed by atoms with Gasteiger partial charge in [-0.15, -0.1) is 0 Å².